The molecule has 0 radical (unpaired) electrons. The molecule has 0 N–H and O–H groups in total. The molecule has 0 aliphatic carbocycles. The van der Waals surface area contributed by atoms with Crippen LogP contribution < -0.4 is 0 Å². The van der Waals surface area contributed by atoms with Gasteiger partial charge in [-0.25, -0.2) is 15.0 Å². The third-order valence-electron chi connectivity index (χ3n) is 7.50. The van der Waals surface area contributed by atoms with Crippen LogP contribution in [0.1, 0.15) is 38.4 Å². The van der Waals surface area contributed by atoms with E-state index >= 15 is 0 Å². The van der Waals surface area contributed by atoms with Gasteiger partial charge in [0, 0.05) is 50.0 Å². The van der Waals surface area contributed by atoms with Gasteiger partial charge in [-0.05, 0) is 47.4 Å². The molecule has 7 aromatic carbocycles. The standard InChI is InChI=1S/C45H28N4O/c1-3-13-29(14-4-1)31-17-11-18-32(27-31)44-46-43(30-15-5-2-6-16-30)47-45(48-44)37-21-12-24-40-42(37)36-26-25-33(28-41(36)50-40)49-38-22-9-7-19-34(38)35-20-8-10-23-39(35)49/h1-28H/i1D,2D,3D,4D,5D,6D,7D,8D,9D,10D,11D,12D,13D,14D,15D,16D,17D,18D,19D,20D,21D,22D,23D,24D,25D,26D,27D,28D. The maximum Gasteiger partial charge on any atom is 0.164 e. The molecule has 234 valence electrons. The Morgan fingerprint density at radius 2 is 1.00 bits per heavy atom. The second-order valence-electron chi connectivity index (χ2n) is 10.3. The van der Waals surface area contributed by atoms with Gasteiger partial charge in [0.1, 0.15) is 11.2 Å². The fourth-order valence-electron chi connectivity index (χ4n) is 5.39. The lowest BCUT2D eigenvalue weighted by Crippen LogP contribution is -2.00. The average Bonchev–Trinajstić information content (AvgIpc) is 4.21. The molecule has 5 heteroatoms. The fraction of sp³-hybridized carbons (Fsp3) is 0. The molecule has 3 heterocycles. The van der Waals surface area contributed by atoms with Crippen LogP contribution >= 0.6 is 0 Å². The SMILES string of the molecule is [2H]c1c([2H])c([2H])c(-c2nc(-c3c([2H])c([2H])c([2H])c(-c4c([2H])c([2H])c([2H])c([2H])c4[2H])c3[2H])nc(-c3c([2H])c([2H])c([2H])c4oc5c([2H])c(-n6c7c([2H])c([2H])c([2H])c([2H])c7c7c([2H])c([2H])c([2H])c([2H])c76)c([2H])c([2H])c5c34)n2)c([2H])c1[2H]. The van der Waals surface area contributed by atoms with Crippen molar-refractivity contribution in [3.05, 3.63) is 169 Å². The first-order chi connectivity index (χ1) is 36.4. The van der Waals surface area contributed by atoms with E-state index in [-0.39, 0.29) is 0 Å². The molecule has 0 unspecified atom stereocenters. The lowest BCUT2D eigenvalue weighted by molar-refractivity contribution is 0.668. The average molecular weight is 669 g/mol. The molecule has 10 aromatic rings. The van der Waals surface area contributed by atoms with Crippen molar-refractivity contribution in [1.29, 1.82) is 0 Å². The number of para-hydroxylation sites is 2. The summed E-state index contributed by atoms with van der Waals surface area (Å²) in [7, 11) is 0. The Morgan fingerprint density at radius 1 is 0.420 bits per heavy atom. The molecule has 0 bridgehead atoms. The summed E-state index contributed by atoms with van der Waals surface area (Å²) in [6.07, 6.45) is 0. The first-order valence-corrected chi connectivity index (χ1v) is 14.4. The smallest absolute Gasteiger partial charge is 0.164 e. The Balaban J connectivity index is 1.38. The second-order valence-corrected chi connectivity index (χ2v) is 10.3. The fourth-order valence-corrected chi connectivity index (χ4v) is 5.39. The van der Waals surface area contributed by atoms with E-state index in [2.05, 4.69) is 15.0 Å². The number of hydrogen-bond donors (Lipinski definition) is 0. The maximum absolute atomic E-state index is 9.64. The topological polar surface area (TPSA) is 56.7 Å². The highest BCUT2D eigenvalue weighted by molar-refractivity contribution is 6.13. The minimum absolute atomic E-state index is 0.436. The molecular formula is C45H28N4O. The van der Waals surface area contributed by atoms with Crippen molar-refractivity contribution < 1.29 is 42.8 Å². The van der Waals surface area contributed by atoms with E-state index in [0.29, 0.717) is 0 Å². The Kier molecular flexibility index (Phi) is 2.72. The monoisotopic (exact) mass is 668 g/mol. The number of hydrogen-bond acceptors (Lipinski definition) is 4. The van der Waals surface area contributed by atoms with E-state index in [9.17, 15) is 6.85 Å². The van der Waals surface area contributed by atoms with E-state index in [1.165, 1.54) is 0 Å². The number of benzene rings is 7. The van der Waals surface area contributed by atoms with Gasteiger partial charge in [-0.15, -0.1) is 0 Å². The first kappa shape index (κ1) is 11.9. The molecular weight excluding hydrogens is 613 g/mol. The number of aromatic nitrogens is 4. The summed E-state index contributed by atoms with van der Waals surface area (Å²) in [5.41, 5.74) is -7.08. The molecule has 5 nitrogen and oxygen atoms in total. The van der Waals surface area contributed by atoms with Gasteiger partial charge in [0.05, 0.1) is 49.4 Å². The van der Waals surface area contributed by atoms with Gasteiger partial charge in [-0.2, -0.15) is 0 Å². The third-order valence-corrected chi connectivity index (χ3v) is 7.50. The number of furan rings is 1. The Labute approximate surface area is 327 Å². The molecule has 0 aliphatic heterocycles. The van der Waals surface area contributed by atoms with Gasteiger partial charge >= 0.3 is 0 Å². The highest BCUT2D eigenvalue weighted by atomic mass is 16.3. The zero-order valence-corrected chi connectivity index (χ0v) is 24.7. The molecule has 0 spiro atoms. The number of fused-ring (bicyclic) bond motifs is 6. The maximum atomic E-state index is 9.64. The van der Waals surface area contributed by atoms with Crippen molar-refractivity contribution in [1.82, 2.24) is 19.5 Å². The summed E-state index contributed by atoms with van der Waals surface area (Å²) in [5.74, 6) is -2.64. The van der Waals surface area contributed by atoms with Crippen LogP contribution in [0, 0.1) is 0 Å². The summed E-state index contributed by atoms with van der Waals surface area (Å²) >= 11 is 0. The molecule has 50 heavy (non-hydrogen) atoms. The quantitative estimate of drug-likeness (QED) is 0.183. The Morgan fingerprint density at radius 3 is 1.74 bits per heavy atom. The van der Waals surface area contributed by atoms with E-state index in [1.54, 1.807) is 0 Å². The molecule has 0 aliphatic rings. The van der Waals surface area contributed by atoms with E-state index in [0.717, 1.165) is 4.57 Å². The summed E-state index contributed by atoms with van der Waals surface area (Å²) in [4.78, 5) is 13.1. The largest absolute Gasteiger partial charge is 0.456 e. The molecule has 3 aromatic heterocycles. The van der Waals surface area contributed by atoms with Crippen LogP contribution in [0.2, 0.25) is 0 Å². The van der Waals surface area contributed by atoms with Crippen LogP contribution in [-0.2, 0) is 0 Å². The predicted molar refractivity (Wildman–Crippen MR) is 203 cm³/mol. The van der Waals surface area contributed by atoms with Gasteiger partial charge in [0.25, 0.3) is 0 Å². The van der Waals surface area contributed by atoms with Crippen LogP contribution in [0.3, 0.4) is 0 Å². The van der Waals surface area contributed by atoms with Crippen molar-refractivity contribution in [2.24, 2.45) is 0 Å². The van der Waals surface area contributed by atoms with Crippen LogP contribution in [0.5, 0.6) is 0 Å². The normalized spacial score (nSPS) is 19.4. The van der Waals surface area contributed by atoms with Crippen LogP contribution in [-0.4, -0.2) is 19.5 Å². The summed E-state index contributed by atoms with van der Waals surface area (Å²) < 4.78 is 253. The van der Waals surface area contributed by atoms with Crippen molar-refractivity contribution in [3.63, 3.8) is 0 Å². The Hall–Kier alpha value is -6.85. The zero-order chi connectivity index (χ0) is 57.4. The van der Waals surface area contributed by atoms with Crippen LogP contribution in [0.15, 0.2) is 174 Å². The minimum atomic E-state index is -1.01. The molecule has 0 fully saturated rings. The van der Waals surface area contributed by atoms with Crippen molar-refractivity contribution in [3.8, 4) is 51.0 Å². The molecule has 0 saturated heterocycles. The third kappa shape index (κ3) is 4.60. The lowest BCUT2D eigenvalue weighted by atomic mass is 10.0. The van der Waals surface area contributed by atoms with Crippen molar-refractivity contribution >= 4 is 43.7 Å². The molecule has 0 amide bonds. The van der Waals surface area contributed by atoms with Gasteiger partial charge < -0.3 is 8.98 Å². The van der Waals surface area contributed by atoms with Gasteiger partial charge in [-0.1, -0.05) is 127 Å². The molecule has 10 rings (SSSR count). The van der Waals surface area contributed by atoms with Crippen molar-refractivity contribution in [2.75, 3.05) is 0 Å². The van der Waals surface area contributed by atoms with Gasteiger partial charge in [0.2, 0.25) is 0 Å². The highest BCUT2D eigenvalue weighted by Crippen LogP contribution is 2.39. The molecule has 0 atom stereocenters. The predicted octanol–water partition coefficient (Wildman–Crippen LogP) is 11.5. The minimum Gasteiger partial charge on any atom is -0.456 e. The summed E-state index contributed by atoms with van der Waals surface area (Å²) in [6, 6.07) is -25.1. The number of rotatable bonds is 5. The summed E-state index contributed by atoms with van der Waals surface area (Å²) in [5, 5.41) is -2.03. The zero-order valence-electron chi connectivity index (χ0n) is 52.7. The van der Waals surface area contributed by atoms with E-state index in [1.807, 2.05) is 0 Å². The van der Waals surface area contributed by atoms with E-state index in [4.69, 9.17) is 35.9 Å². The van der Waals surface area contributed by atoms with Crippen LogP contribution in [0.4, 0.5) is 0 Å². The Bertz CT molecular complexity index is 4360. The van der Waals surface area contributed by atoms with Gasteiger partial charge in [0.15, 0.2) is 17.5 Å². The number of nitrogens with zero attached hydrogens (tertiary/aromatic N) is 4. The highest BCUT2D eigenvalue weighted by Gasteiger charge is 2.19. The summed E-state index contributed by atoms with van der Waals surface area (Å²) in [6.45, 7) is 0. The van der Waals surface area contributed by atoms with Gasteiger partial charge in [-0.3, -0.25) is 0 Å². The van der Waals surface area contributed by atoms with E-state index < -0.39 is 264 Å². The molecule has 0 saturated carbocycles. The second kappa shape index (κ2) is 11.4. The first-order valence-electron chi connectivity index (χ1n) is 28.4. The van der Waals surface area contributed by atoms with Crippen LogP contribution in [0.25, 0.3) is 94.7 Å². The lowest BCUT2D eigenvalue weighted by Gasteiger charge is -2.10. The van der Waals surface area contributed by atoms with Crippen molar-refractivity contribution in [2.45, 2.75) is 0 Å².